The van der Waals surface area contributed by atoms with Crippen LogP contribution in [0.15, 0.2) is 39.0 Å². The fraction of sp³-hybridized carbons (Fsp3) is 0.389. The molecule has 1 aliphatic rings. The van der Waals surface area contributed by atoms with Crippen LogP contribution in [0, 0.1) is 0 Å². The molecule has 2 N–H and O–H groups in total. The van der Waals surface area contributed by atoms with Crippen molar-refractivity contribution in [1.29, 1.82) is 0 Å². The third kappa shape index (κ3) is 3.63. The van der Waals surface area contributed by atoms with E-state index < -0.39 is 17.1 Å². The number of nitrogens with zero attached hydrogens (tertiary/aromatic N) is 3. The lowest BCUT2D eigenvalue weighted by molar-refractivity contribution is 0.302. The van der Waals surface area contributed by atoms with Gasteiger partial charge in [0.2, 0.25) is 5.88 Å². The third-order valence-electron chi connectivity index (χ3n) is 4.38. The van der Waals surface area contributed by atoms with Gasteiger partial charge in [0.15, 0.2) is 0 Å². The van der Waals surface area contributed by atoms with Crippen LogP contribution in [0.3, 0.4) is 0 Å². The van der Waals surface area contributed by atoms with Gasteiger partial charge in [-0.1, -0.05) is 25.0 Å². The number of para-hydroxylation sites is 2. The summed E-state index contributed by atoms with van der Waals surface area (Å²) in [6.45, 7) is 1.61. The molecule has 0 radical (unpaired) electrons. The van der Waals surface area contributed by atoms with Crippen LogP contribution in [-0.4, -0.2) is 46.1 Å². The van der Waals surface area contributed by atoms with Gasteiger partial charge in [-0.15, -0.1) is 0 Å². The lowest BCUT2D eigenvalue weighted by Crippen LogP contribution is -2.32. The maximum absolute atomic E-state index is 12.3. The Bertz CT molecular complexity index is 908. The number of benzene rings is 1. The second kappa shape index (κ2) is 7.90. The molecule has 0 atom stereocenters. The largest absolute Gasteiger partial charge is 0.495 e. The van der Waals surface area contributed by atoms with Gasteiger partial charge in [-0.3, -0.25) is 14.8 Å². The number of hydrazone groups is 1. The molecule has 0 spiro atoms. The van der Waals surface area contributed by atoms with E-state index >= 15 is 0 Å². The minimum atomic E-state index is -0.746. The summed E-state index contributed by atoms with van der Waals surface area (Å²) in [6, 6.07) is 6.74. The minimum absolute atomic E-state index is 0.0697. The summed E-state index contributed by atoms with van der Waals surface area (Å²) in [6.07, 6.45) is 5.72. The number of H-pyrrole nitrogens is 1. The van der Waals surface area contributed by atoms with E-state index in [2.05, 4.69) is 10.1 Å². The number of hydrogen-bond donors (Lipinski definition) is 2. The van der Waals surface area contributed by atoms with Gasteiger partial charge in [0, 0.05) is 13.1 Å². The van der Waals surface area contributed by atoms with Crippen molar-refractivity contribution in [3.8, 4) is 17.3 Å². The monoisotopic (exact) mass is 358 g/mol. The maximum atomic E-state index is 12.3. The molecular weight excluding hydrogens is 336 g/mol. The van der Waals surface area contributed by atoms with Gasteiger partial charge in [-0.2, -0.15) is 5.10 Å². The second-order valence-corrected chi connectivity index (χ2v) is 6.12. The van der Waals surface area contributed by atoms with Crippen LogP contribution in [0.25, 0.3) is 5.69 Å². The van der Waals surface area contributed by atoms with E-state index in [-0.39, 0.29) is 5.56 Å². The zero-order chi connectivity index (χ0) is 18.5. The lowest BCUT2D eigenvalue weighted by atomic mass is 10.2. The zero-order valence-corrected chi connectivity index (χ0v) is 14.6. The molecule has 8 nitrogen and oxygen atoms in total. The molecule has 26 heavy (non-hydrogen) atoms. The summed E-state index contributed by atoms with van der Waals surface area (Å²) < 4.78 is 6.25. The summed E-state index contributed by atoms with van der Waals surface area (Å²) in [7, 11) is 1.47. The highest BCUT2D eigenvalue weighted by Gasteiger charge is 2.17. The average Bonchev–Trinajstić information content (AvgIpc) is 2.90. The Morgan fingerprint density at radius 3 is 2.54 bits per heavy atom. The minimum Gasteiger partial charge on any atom is -0.495 e. The van der Waals surface area contributed by atoms with Gasteiger partial charge in [0.05, 0.1) is 19.0 Å². The number of methoxy groups -OCH3 is 1. The van der Waals surface area contributed by atoms with Crippen molar-refractivity contribution in [2.24, 2.45) is 5.10 Å². The molecule has 8 heteroatoms. The van der Waals surface area contributed by atoms with Crippen molar-refractivity contribution in [2.75, 3.05) is 20.2 Å². The molecule has 0 amide bonds. The molecule has 1 saturated heterocycles. The van der Waals surface area contributed by atoms with Gasteiger partial charge < -0.3 is 9.84 Å². The number of aromatic nitrogens is 2. The molecule has 0 bridgehead atoms. The fourth-order valence-electron chi connectivity index (χ4n) is 3.00. The maximum Gasteiger partial charge on any atom is 0.335 e. The molecular formula is C18H22N4O4. The molecule has 2 aromatic rings. The Hall–Kier alpha value is -3.03. The number of aromatic hydroxyl groups is 1. The van der Waals surface area contributed by atoms with E-state index in [4.69, 9.17) is 4.74 Å². The van der Waals surface area contributed by atoms with Gasteiger partial charge in [0.25, 0.3) is 5.56 Å². The summed E-state index contributed by atoms with van der Waals surface area (Å²) >= 11 is 0. The van der Waals surface area contributed by atoms with Gasteiger partial charge in [0.1, 0.15) is 11.3 Å². The zero-order valence-electron chi connectivity index (χ0n) is 14.6. The van der Waals surface area contributed by atoms with Crippen molar-refractivity contribution in [3.63, 3.8) is 0 Å². The lowest BCUT2D eigenvalue weighted by Gasteiger charge is -2.16. The van der Waals surface area contributed by atoms with Crippen molar-refractivity contribution in [1.82, 2.24) is 14.6 Å². The highest BCUT2D eigenvalue weighted by atomic mass is 16.5. The Morgan fingerprint density at radius 1 is 1.15 bits per heavy atom. The SMILES string of the molecule is COc1ccccc1-n1c(O)c(C=NN2CCCCCC2)c(=O)[nH]c1=O. The summed E-state index contributed by atoms with van der Waals surface area (Å²) in [5.74, 6) is -0.0748. The molecule has 1 aliphatic heterocycles. The van der Waals surface area contributed by atoms with Crippen LogP contribution in [0.1, 0.15) is 31.2 Å². The first-order valence-corrected chi connectivity index (χ1v) is 8.62. The molecule has 0 saturated carbocycles. The van der Waals surface area contributed by atoms with E-state index in [1.807, 2.05) is 5.01 Å². The van der Waals surface area contributed by atoms with Gasteiger partial charge >= 0.3 is 5.69 Å². The summed E-state index contributed by atoms with van der Waals surface area (Å²) in [4.78, 5) is 26.7. The standard InChI is InChI=1S/C18H22N4O4/c1-26-15-9-5-4-8-14(15)22-17(24)13(16(23)20-18(22)25)12-19-21-10-6-2-3-7-11-21/h4-5,8-9,12,24H,2-3,6-7,10-11H2,1H3,(H,20,23,25). The average molecular weight is 358 g/mol. The first-order valence-electron chi connectivity index (χ1n) is 8.62. The molecule has 2 heterocycles. The van der Waals surface area contributed by atoms with Crippen molar-refractivity contribution in [3.05, 3.63) is 50.7 Å². The van der Waals surface area contributed by atoms with Crippen LogP contribution in [0.4, 0.5) is 0 Å². The van der Waals surface area contributed by atoms with Crippen molar-refractivity contribution < 1.29 is 9.84 Å². The van der Waals surface area contributed by atoms with Crippen molar-refractivity contribution in [2.45, 2.75) is 25.7 Å². The molecule has 1 aromatic heterocycles. The first kappa shape index (κ1) is 17.8. The molecule has 1 fully saturated rings. The Labute approximate surface area is 150 Å². The van der Waals surface area contributed by atoms with E-state index in [0.717, 1.165) is 43.3 Å². The molecule has 0 aliphatic carbocycles. The molecule has 138 valence electrons. The normalized spacial score (nSPS) is 15.2. The smallest absolute Gasteiger partial charge is 0.335 e. The second-order valence-electron chi connectivity index (χ2n) is 6.12. The number of hydrogen-bond acceptors (Lipinski definition) is 6. The number of nitrogens with one attached hydrogen (secondary N) is 1. The number of ether oxygens (including phenoxy) is 1. The predicted molar refractivity (Wildman–Crippen MR) is 98.5 cm³/mol. The van der Waals surface area contributed by atoms with Crippen LogP contribution in [0.5, 0.6) is 11.6 Å². The highest BCUT2D eigenvalue weighted by Crippen LogP contribution is 2.24. The van der Waals surface area contributed by atoms with E-state index in [0.29, 0.717) is 11.4 Å². The van der Waals surface area contributed by atoms with E-state index in [1.165, 1.54) is 13.3 Å². The summed E-state index contributed by atoms with van der Waals surface area (Å²) in [5, 5.41) is 16.8. The van der Waals surface area contributed by atoms with Gasteiger partial charge in [-0.05, 0) is 25.0 Å². The fourth-order valence-corrected chi connectivity index (χ4v) is 3.00. The molecule has 3 rings (SSSR count). The predicted octanol–water partition coefficient (Wildman–Crippen LogP) is 1.45. The Morgan fingerprint density at radius 2 is 1.85 bits per heavy atom. The Kier molecular flexibility index (Phi) is 5.40. The number of aromatic amines is 1. The highest BCUT2D eigenvalue weighted by molar-refractivity contribution is 5.82. The topological polar surface area (TPSA) is 99.9 Å². The quantitative estimate of drug-likeness (QED) is 0.806. The summed E-state index contributed by atoms with van der Waals surface area (Å²) in [5.41, 5.74) is -1.17. The Balaban J connectivity index is 2.04. The van der Waals surface area contributed by atoms with Crippen molar-refractivity contribution >= 4 is 6.21 Å². The van der Waals surface area contributed by atoms with E-state index in [1.54, 1.807) is 24.3 Å². The number of rotatable bonds is 4. The van der Waals surface area contributed by atoms with Crippen LogP contribution in [0.2, 0.25) is 0 Å². The van der Waals surface area contributed by atoms with Gasteiger partial charge in [-0.25, -0.2) is 9.36 Å². The first-order chi connectivity index (χ1) is 12.6. The molecule has 0 unspecified atom stereocenters. The molecule has 1 aromatic carbocycles. The third-order valence-corrected chi connectivity index (χ3v) is 4.38. The van der Waals surface area contributed by atoms with E-state index in [9.17, 15) is 14.7 Å². The van der Waals surface area contributed by atoms with Crippen LogP contribution in [-0.2, 0) is 0 Å². The van der Waals surface area contributed by atoms with Crippen LogP contribution < -0.4 is 16.0 Å². The van der Waals surface area contributed by atoms with Crippen LogP contribution >= 0.6 is 0 Å².